The van der Waals surface area contributed by atoms with Gasteiger partial charge in [0.1, 0.15) is 0 Å². The number of rotatable bonds is 6. The van der Waals surface area contributed by atoms with Crippen molar-refractivity contribution >= 4 is 0 Å². The van der Waals surface area contributed by atoms with Gasteiger partial charge < -0.3 is 10.1 Å². The van der Waals surface area contributed by atoms with Gasteiger partial charge in [-0.15, -0.1) is 0 Å². The van der Waals surface area contributed by atoms with Crippen LogP contribution in [0.1, 0.15) is 40.5 Å². The Morgan fingerprint density at radius 1 is 1.44 bits per heavy atom. The summed E-state index contributed by atoms with van der Waals surface area (Å²) in [4.78, 5) is 2.58. The summed E-state index contributed by atoms with van der Waals surface area (Å²) in [5.41, 5.74) is 0. The summed E-state index contributed by atoms with van der Waals surface area (Å²) in [6.07, 6.45) is 2.41. The molecule has 0 aliphatic carbocycles. The van der Waals surface area contributed by atoms with E-state index in [9.17, 15) is 0 Å². The molecule has 0 saturated carbocycles. The minimum atomic E-state index is 0.557. The first-order valence-corrected chi connectivity index (χ1v) is 6.77. The monoisotopic (exact) mass is 228 g/mol. The molecule has 0 bridgehead atoms. The molecule has 1 fully saturated rings. The number of morpholine rings is 1. The maximum atomic E-state index is 5.49. The van der Waals surface area contributed by atoms with Gasteiger partial charge in [-0.1, -0.05) is 13.8 Å². The summed E-state index contributed by atoms with van der Waals surface area (Å²) in [6, 6.07) is 1.78. The van der Waals surface area contributed by atoms with Crippen LogP contribution in [0.3, 0.4) is 0 Å². The molecule has 1 N–H and O–H groups in total. The van der Waals surface area contributed by atoms with Gasteiger partial charge >= 0.3 is 0 Å². The number of nitrogens with zero attached hydrogens (tertiary/aromatic N) is 1. The Bertz CT molecular complexity index is 187. The highest BCUT2D eigenvalue weighted by Crippen LogP contribution is 2.15. The van der Waals surface area contributed by atoms with Gasteiger partial charge in [-0.2, -0.15) is 0 Å². The van der Waals surface area contributed by atoms with Crippen LogP contribution < -0.4 is 5.32 Å². The van der Waals surface area contributed by atoms with E-state index in [4.69, 9.17) is 4.74 Å². The molecule has 1 aliphatic heterocycles. The van der Waals surface area contributed by atoms with Crippen molar-refractivity contribution in [3.63, 3.8) is 0 Å². The SMILES string of the molecule is CCCNC(CC)C(C)N1CCOCC1C. The Morgan fingerprint density at radius 3 is 2.75 bits per heavy atom. The Kier molecular flexibility index (Phi) is 6.32. The summed E-state index contributed by atoms with van der Waals surface area (Å²) < 4.78 is 5.49. The fraction of sp³-hybridized carbons (Fsp3) is 1.00. The lowest BCUT2D eigenvalue weighted by Gasteiger charge is -2.41. The molecule has 3 heteroatoms. The molecule has 1 rings (SSSR count). The van der Waals surface area contributed by atoms with E-state index in [0.29, 0.717) is 18.1 Å². The molecule has 0 aromatic carbocycles. The normalized spacial score (nSPS) is 26.6. The Labute approximate surface area is 101 Å². The minimum absolute atomic E-state index is 0.557. The third-order valence-corrected chi connectivity index (χ3v) is 3.62. The van der Waals surface area contributed by atoms with Crippen molar-refractivity contribution < 1.29 is 4.74 Å². The van der Waals surface area contributed by atoms with E-state index < -0.39 is 0 Å². The molecule has 96 valence electrons. The highest BCUT2D eigenvalue weighted by atomic mass is 16.5. The second-order valence-corrected chi connectivity index (χ2v) is 4.87. The van der Waals surface area contributed by atoms with Gasteiger partial charge in [0.25, 0.3) is 0 Å². The van der Waals surface area contributed by atoms with Crippen molar-refractivity contribution in [2.75, 3.05) is 26.3 Å². The predicted octanol–water partition coefficient (Wildman–Crippen LogP) is 1.87. The molecule has 0 aromatic rings. The van der Waals surface area contributed by atoms with Crippen LogP contribution in [0.15, 0.2) is 0 Å². The minimum Gasteiger partial charge on any atom is -0.379 e. The average molecular weight is 228 g/mol. The zero-order chi connectivity index (χ0) is 12.0. The quantitative estimate of drug-likeness (QED) is 0.751. The summed E-state index contributed by atoms with van der Waals surface area (Å²) >= 11 is 0. The third-order valence-electron chi connectivity index (χ3n) is 3.62. The van der Waals surface area contributed by atoms with E-state index in [0.717, 1.165) is 26.3 Å². The van der Waals surface area contributed by atoms with Crippen molar-refractivity contribution in [3.05, 3.63) is 0 Å². The largest absolute Gasteiger partial charge is 0.379 e. The van der Waals surface area contributed by atoms with Crippen molar-refractivity contribution in [2.45, 2.75) is 58.7 Å². The van der Waals surface area contributed by atoms with E-state index in [2.05, 4.69) is 37.9 Å². The summed E-state index contributed by atoms with van der Waals surface area (Å²) in [6.45, 7) is 13.1. The van der Waals surface area contributed by atoms with E-state index in [-0.39, 0.29) is 0 Å². The summed E-state index contributed by atoms with van der Waals surface area (Å²) in [5.74, 6) is 0. The Hall–Kier alpha value is -0.120. The first-order valence-electron chi connectivity index (χ1n) is 6.77. The zero-order valence-electron chi connectivity index (χ0n) is 11.3. The molecule has 0 aromatic heterocycles. The van der Waals surface area contributed by atoms with Gasteiger partial charge in [-0.25, -0.2) is 0 Å². The van der Waals surface area contributed by atoms with Gasteiger partial charge in [0.2, 0.25) is 0 Å². The summed E-state index contributed by atoms with van der Waals surface area (Å²) in [7, 11) is 0. The van der Waals surface area contributed by atoms with Crippen LogP contribution >= 0.6 is 0 Å². The molecule has 16 heavy (non-hydrogen) atoms. The molecule has 0 radical (unpaired) electrons. The van der Waals surface area contributed by atoms with Crippen LogP contribution in [0.2, 0.25) is 0 Å². The topological polar surface area (TPSA) is 24.5 Å². The van der Waals surface area contributed by atoms with Crippen LogP contribution in [0.25, 0.3) is 0 Å². The molecule has 1 saturated heterocycles. The van der Waals surface area contributed by atoms with E-state index in [1.54, 1.807) is 0 Å². The van der Waals surface area contributed by atoms with Crippen LogP contribution in [0.4, 0.5) is 0 Å². The molecule has 0 spiro atoms. The molecular formula is C13H28N2O. The van der Waals surface area contributed by atoms with Gasteiger partial charge in [0.15, 0.2) is 0 Å². The van der Waals surface area contributed by atoms with Gasteiger partial charge in [0.05, 0.1) is 13.2 Å². The van der Waals surface area contributed by atoms with Crippen molar-refractivity contribution in [1.82, 2.24) is 10.2 Å². The van der Waals surface area contributed by atoms with Crippen LogP contribution in [0, 0.1) is 0 Å². The fourth-order valence-corrected chi connectivity index (χ4v) is 2.56. The number of ether oxygens (including phenoxy) is 1. The molecule has 0 amide bonds. The number of nitrogens with one attached hydrogen (secondary N) is 1. The van der Waals surface area contributed by atoms with Crippen molar-refractivity contribution in [1.29, 1.82) is 0 Å². The number of hydrogen-bond acceptors (Lipinski definition) is 3. The van der Waals surface area contributed by atoms with Gasteiger partial charge in [-0.05, 0) is 33.2 Å². The molecular weight excluding hydrogens is 200 g/mol. The lowest BCUT2D eigenvalue weighted by Crippen LogP contribution is -2.55. The lowest BCUT2D eigenvalue weighted by molar-refractivity contribution is -0.0259. The average Bonchev–Trinajstić information content (AvgIpc) is 2.30. The van der Waals surface area contributed by atoms with E-state index in [1.165, 1.54) is 12.8 Å². The summed E-state index contributed by atoms with van der Waals surface area (Å²) in [5, 5.41) is 3.65. The Morgan fingerprint density at radius 2 is 2.19 bits per heavy atom. The maximum absolute atomic E-state index is 5.49. The maximum Gasteiger partial charge on any atom is 0.0619 e. The Balaban J connectivity index is 2.47. The second kappa shape index (κ2) is 7.25. The molecule has 1 aliphatic rings. The van der Waals surface area contributed by atoms with Gasteiger partial charge in [-0.3, -0.25) is 4.90 Å². The number of hydrogen-bond donors (Lipinski definition) is 1. The molecule has 3 unspecified atom stereocenters. The molecule has 3 nitrogen and oxygen atoms in total. The predicted molar refractivity (Wildman–Crippen MR) is 68.8 cm³/mol. The van der Waals surface area contributed by atoms with Crippen LogP contribution in [-0.2, 0) is 4.74 Å². The van der Waals surface area contributed by atoms with E-state index in [1.807, 2.05) is 0 Å². The van der Waals surface area contributed by atoms with Crippen molar-refractivity contribution in [3.8, 4) is 0 Å². The highest BCUT2D eigenvalue weighted by molar-refractivity contribution is 4.84. The lowest BCUT2D eigenvalue weighted by atomic mass is 10.0. The van der Waals surface area contributed by atoms with Crippen LogP contribution in [-0.4, -0.2) is 49.3 Å². The zero-order valence-corrected chi connectivity index (χ0v) is 11.3. The molecule has 1 heterocycles. The van der Waals surface area contributed by atoms with Gasteiger partial charge in [0, 0.05) is 24.7 Å². The van der Waals surface area contributed by atoms with E-state index >= 15 is 0 Å². The van der Waals surface area contributed by atoms with Crippen molar-refractivity contribution in [2.24, 2.45) is 0 Å². The fourth-order valence-electron chi connectivity index (χ4n) is 2.56. The highest BCUT2D eigenvalue weighted by Gasteiger charge is 2.27. The third kappa shape index (κ3) is 3.72. The molecule has 3 atom stereocenters. The van der Waals surface area contributed by atoms with Crippen LogP contribution in [0.5, 0.6) is 0 Å². The smallest absolute Gasteiger partial charge is 0.0619 e. The first-order chi connectivity index (χ1) is 7.70. The second-order valence-electron chi connectivity index (χ2n) is 4.87. The first kappa shape index (κ1) is 13.9. The standard InChI is InChI=1S/C13H28N2O/c1-5-7-14-13(6-2)12(4)15-8-9-16-10-11(15)3/h11-14H,5-10H2,1-4H3.